The summed E-state index contributed by atoms with van der Waals surface area (Å²) < 4.78 is 16.5. The summed E-state index contributed by atoms with van der Waals surface area (Å²) in [6, 6.07) is 0. The number of nitrogens with one attached hydrogen (secondary N) is 7. The minimum absolute atomic E-state index is 0.567. The third-order valence-corrected chi connectivity index (χ3v) is 17.1. The highest BCUT2D eigenvalue weighted by Gasteiger charge is 2.48. The summed E-state index contributed by atoms with van der Waals surface area (Å²) in [5.74, 6) is 0. The van der Waals surface area contributed by atoms with Crippen LogP contribution < -0.4 is 33.4 Å². The molecule has 0 amide bonds. The van der Waals surface area contributed by atoms with Crippen molar-refractivity contribution in [3.05, 3.63) is 93.1 Å². The summed E-state index contributed by atoms with van der Waals surface area (Å²) in [6.07, 6.45) is 25.6. The quantitative estimate of drug-likeness (QED) is 0.136. The summed E-state index contributed by atoms with van der Waals surface area (Å²) >= 11 is 0. The van der Waals surface area contributed by atoms with Crippen LogP contribution in [0.25, 0.3) is 0 Å². The number of H-pyrrole nitrogens is 7. The lowest BCUT2D eigenvalue weighted by Crippen LogP contribution is -2.30. The Kier molecular flexibility index (Phi) is 6.31. The van der Waals surface area contributed by atoms with Crippen LogP contribution in [0.1, 0.15) is 0 Å². The molecule has 17 nitrogen and oxygen atoms in total. The number of rotatable bonds is 6. The standard InChI is InChI=1S/C18H18N15P3.C3H4N2/c1-2-20-13(19-1)34(14-21-3-4-22-14)31-35(15-23-5-6-24-15,16-25-7-8-26-16)33-36(32-34,17-27-9-10-28-17)18-29-11-12-30-18;1-2-5-3-4-1/h1-12H,(H,19,20)(H,21,22)(H,23,24)(H,25,26)(H,27,28)(H,29,30);1-3H,(H,4,5). The normalized spacial score (nSPS) is 16.5. The second-order valence-electron chi connectivity index (χ2n) is 8.31. The fourth-order valence-electron chi connectivity index (χ4n) is 4.20. The predicted molar refractivity (Wildman–Crippen MR) is 156 cm³/mol. The topological polar surface area (TPSA) is 238 Å². The Hall–Kier alpha value is -4.84. The molecule has 1 aliphatic heterocycles. The van der Waals surface area contributed by atoms with Crippen molar-refractivity contribution in [2.45, 2.75) is 0 Å². The Morgan fingerprint density at radius 2 is 0.659 bits per heavy atom. The van der Waals surface area contributed by atoms with Crippen LogP contribution in [0.2, 0.25) is 0 Å². The highest BCUT2D eigenvalue weighted by atomic mass is 31.3. The summed E-state index contributed by atoms with van der Waals surface area (Å²) in [5, 5.41) is 0. The lowest BCUT2D eigenvalue weighted by atomic mass is 11.0. The molecule has 0 bridgehead atoms. The van der Waals surface area contributed by atoms with Gasteiger partial charge in [-0.15, -0.1) is 0 Å². The number of imidazole rings is 7. The van der Waals surface area contributed by atoms with Gasteiger partial charge in [0.1, 0.15) is 0 Å². The Labute approximate surface area is 231 Å². The Bertz CT molecular complexity index is 1590. The summed E-state index contributed by atoms with van der Waals surface area (Å²) in [6.45, 7) is 0. The fourth-order valence-corrected chi connectivity index (χ4v) is 17.7. The molecule has 20 heteroatoms. The molecule has 8 heterocycles. The van der Waals surface area contributed by atoms with Crippen LogP contribution >= 0.6 is 21.6 Å². The first-order valence-corrected chi connectivity index (χ1v) is 17.2. The van der Waals surface area contributed by atoms with E-state index in [9.17, 15) is 0 Å². The smallest absolute Gasteiger partial charge is 0.206 e. The van der Waals surface area contributed by atoms with Crippen LogP contribution in [0.15, 0.2) is 107 Å². The van der Waals surface area contributed by atoms with Crippen LogP contribution in [0.3, 0.4) is 0 Å². The van der Waals surface area contributed by atoms with E-state index in [2.05, 4.69) is 69.8 Å². The van der Waals surface area contributed by atoms with Crippen molar-refractivity contribution < 1.29 is 0 Å². The summed E-state index contributed by atoms with van der Waals surface area (Å²) in [5.41, 5.74) is 3.40. The van der Waals surface area contributed by atoms with E-state index < -0.39 is 21.6 Å². The highest BCUT2D eigenvalue weighted by Crippen LogP contribution is 2.74. The van der Waals surface area contributed by atoms with Gasteiger partial charge in [0.15, 0.2) is 33.4 Å². The number of hydrogen-bond donors (Lipinski definition) is 7. The molecule has 7 N–H and O–H groups in total. The van der Waals surface area contributed by atoms with E-state index in [0.29, 0.717) is 33.4 Å². The van der Waals surface area contributed by atoms with Crippen molar-refractivity contribution in [3.8, 4) is 0 Å². The van der Waals surface area contributed by atoms with Crippen LogP contribution in [0, 0.1) is 0 Å². The number of nitrogens with zero attached hydrogens (tertiary/aromatic N) is 10. The third kappa shape index (κ3) is 4.18. The van der Waals surface area contributed by atoms with Gasteiger partial charge < -0.3 is 34.9 Å². The van der Waals surface area contributed by atoms with Gasteiger partial charge in [0, 0.05) is 86.8 Å². The molecule has 0 aliphatic carbocycles. The van der Waals surface area contributed by atoms with Crippen LogP contribution in [-0.4, -0.2) is 69.8 Å². The first kappa shape index (κ1) is 25.1. The molecule has 8 rings (SSSR count). The molecular weight excluding hydrogens is 583 g/mol. The molecule has 0 saturated carbocycles. The molecule has 41 heavy (non-hydrogen) atoms. The molecule has 0 spiro atoms. The number of aromatic nitrogens is 14. The largest absolute Gasteiger partial charge is 0.351 e. The van der Waals surface area contributed by atoms with E-state index in [1.54, 1.807) is 93.1 Å². The van der Waals surface area contributed by atoms with E-state index in [4.69, 9.17) is 13.5 Å². The molecule has 7 aromatic heterocycles. The lowest BCUT2D eigenvalue weighted by Gasteiger charge is -2.31. The highest BCUT2D eigenvalue weighted by molar-refractivity contribution is 7.99. The first-order valence-electron chi connectivity index (χ1n) is 12.1. The van der Waals surface area contributed by atoms with Crippen molar-refractivity contribution in [3.63, 3.8) is 0 Å². The predicted octanol–water partition coefficient (Wildman–Crippen LogP) is 1.05. The molecule has 0 fully saturated rings. The van der Waals surface area contributed by atoms with E-state index in [-0.39, 0.29) is 0 Å². The van der Waals surface area contributed by atoms with Crippen molar-refractivity contribution in [1.82, 2.24) is 69.8 Å². The van der Waals surface area contributed by atoms with E-state index in [1.807, 2.05) is 0 Å². The van der Waals surface area contributed by atoms with Gasteiger partial charge in [-0.05, 0) is 0 Å². The van der Waals surface area contributed by atoms with Gasteiger partial charge in [-0.2, -0.15) is 0 Å². The molecule has 0 saturated heterocycles. The number of aromatic amines is 7. The second kappa shape index (κ2) is 10.3. The maximum absolute atomic E-state index is 5.49. The van der Waals surface area contributed by atoms with Crippen molar-refractivity contribution in [2.24, 2.45) is 13.5 Å². The fraction of sp³-hybridized carbons (Fsp3) is 0. The third-order valence-electron chi connectivity index (χ3n) is 5.86. The van der Waals surface area contributed by atoms with Gasteiger partial charge in [0.05, 0.1) is 6.33 Å². The van der Waals surface area contributed by atoms with Gasteiger partial charge in [0.2, 0.25) is 21.6 Å². The maximum Gasteiger partial charge on any atom is 0.206 e. The molecule has 206 valence electrons. The molecule has 1 aliphatic rings. The SMILES string of the molecule is c1c[nH]c(P2(c3ncc[nH]3)=NP(c3ncc[nH]3)(c3ncc[nH]3)=NP(c3ncc[nH]3)(c3ncc[nH]3)=N2)n1.c1c[nH]cn1. The zero-order chi connectivity index (χ0) is 27.6. The van der Waals surface area contributed by atoms with Crippen molar-refractivity contribution >= 4 is 55.0 Å². The van der Waals surface area contributed by atoms with Gasteiger partial charge in [-0.3, -0.25) is 0 Å². The Balaban J connectivity index is 0.000000502. The van der Waals surface area contributed by atoms with Crippen LogP contribution in [0.4, 0.5) is 0 Å². The molecule has 0 atom stereocenters. The minimum Gasteiger partial charge on any atom is -0.351 e. The molecule has 0 radical (unpaired) electrons. The Morgan fingerprint density at radius 1 is 0.366 bits per heavy atom. The van der Waals surface area contributed by atoms with Gasteiger partial charge in [-0.1, -0.05) is 0 Å². The summed E-state index contributed by atoms with van der Waals surface area (Å²) in [7, 11) is -9.38. The molecule has 7 aromatic rings. The van der Waals surface area contributed by atoms with Gasteiger partial charge >= 0.3 is 0 Å². The lowest BCUT2D eigenvalue weighted by molar-refractivity contribution is 1.31. The number of hydrogen-bond acceptors (Lipinski definition) is 10. The van der Waals surface area contributed by atoms with E-state index >= 15 is 0 Å². The Morgan fingerprint density at radius 3 is 0.805 bits per heavy atom. The molecule has 0 aromatic carbocycles. The van der Waals surface area contributed by atoms with Crippen molar-refractivity contribution in [1.29, 1.82) is 0 Å². The van der Waals surface area contributed by atoms with Crippen molar-refractivity contribution in [2.75, 3.05) is 0 Å². The molecule has 0 unspecified atom stereocenters. The van der Waals surface area contributed by atoms with E-state index in [1.165, 1.54) is 0 Å². The zero-order valence-electron chi connectivity index (χ0n) is 21.0. The maximum atomic E-state index is 5.49. The van der Waals surface area contributed by atoms with Gasteiger partial charge in [0.25, 0.3) is 0 Å². The monoisotopic (exact) mass is 605 g/mol. The minimum atomic E-state index is -3.13. The van der Waals surface area contributed by atoms with E-state index in [0.717, 1.165) is 0 Å². The van der Waals surface area contributed by atoms with Crippen LogP contribution in [0.5, 0.6) is 0 Å². The average Bonchev–Trinajstić information content (AvgIpc) is 3.91. The van der Waals surface area contributed by atoms with Crippen LogP contribution in [-0.2, 0) is 0 Å². The van der Waals surface area contributed by atoms with Gasteiger partial charge in [-0.25, -0.2) is 48.4 Å². The molecular formula is C21H22N17P3. The average molecular weight is 605 g/mol. The first-order chi connectivity index (χ1) is 20.3. The summed E-state index contributed by atoms with van der Waals surface area (Å²) in [4.78, 5) is 53.8. The second-order valence-corrected chi connectivity index (χ2v) is 16.6. The zero-order valence-corrected chi connectivity index (χ0v) is 23.7.